The Morgan fingerprint density at radius 3 is 2.65 bits per heavy atom. The Hall–Kier alpha value is -0.970. The van der Waals surface area contributed by atoms with Crippen molar-refractivity contribution in [3.63, 3.8) is 0 Å². The van der Waals surface area contributed by atoms with E-state index in [2.05, 4.69) is 0 Å². The van der Waals surface area contributed by atoms with E-state index in [0.29, 0.717) is 6.61 Å². The third-order valence-corrected chi connectivity index (χ3v) is 2.46. The Morgan fingerprint density at radius 2 is 2.12 bits per heavy atom. The van der Waals surface area contributed by atoms with Crippen LogP contribution in [0, 0.1) is 0 Å². The van der Waals surface area contributed by atoms with Crippen molar-refractivity contribution < 1.29 is 19.4 Å². The maximum Gasteiger partial charge on any atom is 0.339 e. The van der Waals surface area contributed by atoms with Crippen LogP contribution in [0.25, 0.3) is 0 Å². The van der Waals surface area contributed by atoms with Crippen LogP contribution in [0.15, 0.2) is 12.1 Å². The minimum Gasteiger partial charge on any atom is -0.486 e. The molecule has 17 heavy (non-hydrogen) atoms. The van der Waals surface area contributed by atoms with E-state index in [9.17, 15) is 4.79 Å². The molecule has 0 saturated carbocycles. The molecule has 0 heterocycles. The summed E-state index contributed by atoms with van der Waals surface area (Å²) in [5.74, 6) is -1.04. The summed E-state index contributed by atoms with van der Waals surface area (Å²) in [6.07, 6.45) is -0.309. The molecule has 0 amide bonds. The Kier molecular flexibility index (Phi) is 5.05. The number of carbonyl (C=O) groups is 1. The molecule has 94 valence electrons. The molecule has 1 aromatic carbocycles. The second kappa shape index (κ2) is 6.10. The van der Waals surface area contributed by atoms with E-state index in [1.54, 1.807) is 6.92 Å². The zero-order valence-electron chi connectivity index (χ0n) is 9.37. The lowest BCUT2D eigenvalue weighted by atomic mass is 10.2. The Labute approximate surface area is 109 Å². The van der Waals surface area contributed by atoms with Crippen LogP contribution in [-0.4, -0.2) is 30.9 Å². The highest BCUT2D eigenvalue weighted by molar-refractivity contribution is 6.36. The fraction of sp³-hybridized carbons (Fsp3) is 0.364. The van der Waals surface area contributed by atoms with E-state index in [1.165, 1.54) is 19.2 Å². The summed E-state index contributed by atoms with van der Waals surface area (Å²) in [7, 11) is 1.53. The summed E-state index contributed by atoms with van der Waals surface area (Å²) < 4.78 is 10.3. The van der Waals surface area contributed by atoms with Crippen molar-refractivity contribution in [3.8, 4) is 5.75 Å². The lowest BCUT2D eigenvalue weighted by Crippen LogP contribution is -2.19. The van der Waals surface area contributed by atoms with Crippen molar-refractivity contribution in [3.05, 3.63) is 27.7 Å². The number of hydrogen-bond donors (Lipinski definition) is 1. The molecule has 1 aromatic rings. The highest BCUT2D eigenvalue weighted by atomic mass is 35.5. The van der Waals surface area contributed by atoms with Crippen molar-refractivity contribution in [2.24, 2.45) is 0 Å². The molecule has 0 aliphatic heterocycles. The lowest BCUT2D eigenvalue weighted by Gasteiger charge is -2.16. The van der Waals surface area contributed by atoms with Crippen LogP contribution in [0.5, 0.6) is 5.75 Å². The summed E-state index contributed by atoms with van der Waals surface area (Å²) in [4.78, 5) is 11.0. The summed E-state index contributed by atoms with van der Waals surface area (Å²) in [6, 6.07) is 2.73. The first-order chi connectivity index (χ1) is 7.95. The van der Waals surface area contributed by atoms with Gasteiger partial charge in [-0.25, -0.2) is 4.79 Å². The molecule has 0 saturated heterocycles. The lowest BCUT2D eigenvalue weighted by molar-refractivity contribution is 0.0674. The average Bonchev–Trinajstić information content (AvgIpc) is 2.21. The van der Waals surface area contributed by atoms with Crippen molar-refractivity contribution in [1.29, 1.82) is 0 Å². The zero-order chi connectivity index (χ0) is 13.0. The van der Waals surface area contributed by atoms with E-state index in [1.807, 2.05) is 0 Å². The predicted molar refractivity (Wildman–Crippen MR) is 65.4 cm³/mol. The molecule has 0 bridgehead atoms. The second-order valence-corrected chi connectivity index (χ2v) is 4.30. The number of methoxy groups -OCH3 is 1. The summed E-state index contributed by atoms with van der Waals surface area (Å²) >= 11 is 11.6. The molecule has 1 rings (SSSR count). The van der Waals surface area contributed by atoms with Gasteiger partial charge in [0, 0.05) is 12.1 Å². The van der Waals surface area contributed by atoms with Gasteiger partial charge in [0.15, 0.2) is 5.75 Å². The number of carboxylic acids is 1. The quantitative estimate of drug-likeness (QED) is 0.899. The maximum atomic E-state index is 11.0. The number of carboxylic acid groups (broad SMARTS) is 1. The average molecular weight is 279 g/mol. The third-order valence-electron chi connectivity index (χ3n) is 1.96. The molecule has 0 fully saturated rings. The van der Waals surface area contributed by atoms with Crippen LogP contribution in [0.2, 0.25) is 10.0 Å². The van der Waals surface area contributed by atoms with Gasteiger partial charge in [0.1, 0.15) is 11.7 Å². The predicted octanol–water partition coefficient (Wildman–Crippen LogP) is 3.11. The van der Waals surface area contributed by atoms with Gasteiger partial charge in [0.25, 0.3) is 0 Å². The van der Waals surface area contributed by atoms with Crippen LogP contribution >= 0.6 is 23.2 Å². The van der Waals surface area contributed by atoms with Gasteiger partial charge in [-0.15, -0.1) is 0 Å². The largest absolute Gasteiger partial charge is 0.486 e. The van der Waals surface area contributed by atoms with Crippen molar-refractivity contribution in [2.75, 3.05) is 13.7 Å². The van der Waals surface area contributed by atoms with E-state index in [0.717, 1.165) is 0 Å². The maximum absolute atomic E-state index is 11.0. The normalized spacial score (nSPS) is 12.2. The van der Waals surface area contributed by atoms with E-state index in [-0.39, 0.29) is 27.5 Å². The molecular weight excluding hydrogens is 267 g/mol. The molecule has 6 heteroatoms. The van der Waals surface area contributed by atoms with Crippen LogP contribution in [0.3, 0.4) is 0 Å². The fourth-order valence-electron chi connectivity index (χ4n) is 1.31. The molecule has 1 N–H and O–H groups in total. The van der Waals surface area contributed by atoms with E-state index < -0.39 is 5.97 Å². The number of ether oxygens (including phenoxy) is 2. The van der Waals surface area contributed by atoms with Crippen molar-refractivity contribution in [2.45, 2.75) is 13.0 Å². The van der Waals surface area contributed by atoms with Gasteiger partial charge >= 0.3 is 5.97 Å². The second-order valence-electron chi connectivity index (χ2n) is 3.45. The Balaban J connectivity index is 3.08. The monoisotopic (exact) mass is 278 g/mol. The number of benzene rings is 1. The van der Waals surface area contributed by atoms with Crippen LogP contribution in [0.4, 0.5) is 0 Å². The Bertz CT molecular complexity index is 420. The first-order valence-electron chi connectivity index (χ1n) is 4.83. The van der Waals surface area contributed by atoms with Gasteiger partial charge in [-0.05, 0) is 19.1 Å². The van der Waals surface area contributed by atoms with Crippen molar-refractivity contribution in [1.82, 2.24) is 0 Å². The van der Waals surface area contributed by atoms with Gasteiger partial charge in [0.05, 0.1) is 11.6 Å². The number of hydrogen-bond acceptors (Lipinski definition) is 3. The van der Waals surface area contributed by atoms with E-state index in [4.69, 9.17) is 37.8 Å². The van der Waals surface area contributed by atoms with Crippen LogP contribution in [0.1, 0.15) is 17.3 Å². The smallest absolute Gasteiger partial charge is 0.339 e. The minimum absolute atomic E-state index is 0.0644. The van der Waals surface area contributed by atoms with Gasteiger partial charge in [-0.3, -0.25) is 0 Å². The molecule has 0 aliphatic carbocycles. The summed E-state index contributed by atoms with van der Waals surface area (Å²) in [6.45, 7) is 2.08. The first-order valence-corrected chi connectivity index (χ1v) is 5.59. The molecule has 0 aliphatic rings. The third kappa shape index (κ3) is 3.77. The Morgan fingerprint density at radius 1 is 1.47 bits per heavy atom. The minimum atomic E-state index is -1.14. The zero-order valence-corrected chi connectivity index (χ0v) is 10.9. The standard InChI is InChI=1S/C11H12Cl2O4/c1-6(5-16-2)17-10-8(11(14)15)3-7(12)4-9(10)13/h3-4,6H,5H2,1-2H3,(H,14,15). The molecule has 1 atom stereocenters. The SMILES string of the molecule is COCC(C)Oc1c(Cl)cc(Cl)cc1C(=O)O. The molecular formula is C11H12Cl2O4. The number of halogens is 2. The molecule has 0 aromatic heterocycles. The molecule has 4 nitrogen and oxygen atoms in total. The number of aromatic carboxylic acids is 1. The van der Waals surface area contributed by atoms with Crippen LogP contribution in [-0.2, 0) is 4.74 Å². The van der Waals surface area contributed by atoms with Gasteiger partial charge in [-0.1, -0.05) is 23.2 Å². The summed E-state index contributed by atoms with van der Waals surface area (Å²) in [5.41, 5.74) is -0.0644. The van der Waals surface area contributed by atoms with Crippen LogP contribution < -0.4 is 4.74 Å². The fourth-order valence-corrected chi connectivity index (χ4v) is 1.85. The van der Waals surface area contributed by atoms with Gasteiger partial charge in [-0.2, -0.15) is 0 Å². The van der Waals surface area contributed by atoms with E-state index >= 15 is 0 Å². The van der Waals surface area contributed by atoms with Gasteiger partial charge < -0.3 is 14.6 Å². The number of rotatable bonds is 5. The highest BCUT2D eigenvalue weighted by Gasteiger charge is 2.18. The molecule has 0 radical (unpaired) electrons. The molecule has 0 spiro atoms. The van der Waals surface area contributed by atoms with Crippen molar-refractivity contribution >= 4 is 29.2 Å². The topological polar surface area (TPSA) is 55.8 Å². The first kappa shape index (κ1) is 14.1. The highest BCUT2D eigenvalue weighted by Crippen LogP contribution is 2.33. The molecule has 1 unspecified atom stereocenters. The summed E-state index contributed by atoms with van der Waals surface area (Å²) in [5, 5.41) is 9.44. The van der Waals surface area contributed by atoms with Gasteiger partial charge in [0.2, 0.25) is 0 Å².